The summed E-state index contributed by atoms with van der Waals surface area (Å²) in [5, 5.41) is 0. The smallest absolute Gasteiger partial charge is 0.123 e. The highest BCUT2D eigenvalue weighted by atomic mass is 19.1. The third-order valence-electron chi connectivity index (χ3n) is 20.5. The molecule has 10 aliphatic carbocycles. The summed E-state index contributed by atoms with van der Waals surface area (Å²) in [4.78, 5) is 5.04. The van der Waals surface area contributed by atoms with Crippen molar-refractivity contribution in [2.75, 3.05) is 4.90 Å². The molecule has 424 valence electrons. The number of hydrogen-bond acceptors (Lipinski definition) is 3. The van der Waals surface area contributed by atoms with Crippen molar-refractivity contribution in [1.29, 1.82) is 0 Å². The molecule has 9 unspecified atom stereocenters. The van der Waals surface area contributed by atoms with Gasteiger partial charge in [0.2, 0.25) is 0 Å². The molecule has 1 heterocycles. The van der Waals surface area contributed by atoms with Crippen LogP contribution in [0.3, 0.4) is 0 Å². The fraction of sp³-hybridized carbons (Fsp3) is 0.256. The highest BCUT2D eigenvalue weighted by molar-refractivity contribution is 5.93. The van der Waals surface area contributed by atoms with Gasteiger partial charge in [0, 0.05) is 59.4 Å². The molecule has 0 N–H and O–H groups in total. The molecule has 0 aromatic heterocycles. The van der Waals surface area contributed by atoms with Crippen molar-refractivity contribution in [3.8, 4) is 0 Å². The van der Waals surface area contributed by atoms with Crippen LogP contribution in [0.4, 0.5) is 23.2 Å². The van der Waals surface area contributed by atoms with E-state index in [2.05, 4.69) is 163 Å². The summed E-state index contributed by atoms with van der Waals surface area (Å²) in [7, 11) is 0. The molecule has 4 aromatic rings. The summed E-state index contributed by atoms with van der Waals surface area (Å²) in [5.74, 6) is 0.434. The second-order valence-electron chi connectivity index (χ2n) is 24.7. The van der Waals surface area contributed by atoms with Crippen molar-refractivity contribution in [3.63, 3.8) is 0 Å². The molecule has 0 spiro atoms. The molecule has 3 nitrogen and oxygen atoms in total. The lowest BCUT2D eigenvalue weighted by molar-refractivity contribution is 0.0906. The molecule has 0 amide bonds. The molecular formula is C78H68F4N2O. The van der Waals surface area contributed by atoms with Gasteiger partial charge in [0.1, 0.15) is 35.2 Å². The van der Waals surface area contributed by atoms with E-state index in [1.54, 1.807) is 42.5 Å². The fourth-order valence-electron chi connectivity index (χ4n) is 16.7. The predicted molar refractivity (Wildman–Crippen MR) is 337 cm³/mol. The van der Waals surface area contributed by atoms with E-state index in [0.717, 1.165) is 78.9 Å². The second kappa shape index (κ2) is 21.4. The number of anilines is 1. The third kappa shape index (κ3) is 8.69. The Hall–Kier alpha value is -8.26. The van der Waals surface area contributed by atoms with Gasteiger partial charge in [-0.25, -0.2) is 17.6 Å². The average Bonchev–Trinajstić information content (AvgIpc) is 2.57. The van der Waals surface area contributed by atoms with Crippen LogP contribution in [-0.2, 0) is 15.6 Å². The number of allylic oxidation sites excluding steroid dienone is 24. The van der Waals surface area contributed by atoms with Gasteiger partial charge < -0.3 is 9.64 Å². The zero-order chi connectivity index (χ0) is 57.6. The van der Waals surface area contributed by atoms with Crippen molar-refractivity contribution < 1.29 is 22.3 Å². The molecule has 85 heavy (non-hydrogen) atoms. The predicted octanol–water partition coefficient (Wildman–Crippen LogP) is 19.2. The van der Waals surface area contributed by atoms with Crippen LogP contribution in [0.1, 0.15) is 110 Å². The van der Waals surface area contributed by atoms with Crippen LogP contribution in [0.2, 0.25) is 0 Å². The molecule has 15 rings (SSSR count). The standard InChI is InChI=1S/C78H68F4N2O/c1-3-49-13-17-51(18-14-49)77(53-21-25-55(79)26-22-53)71-11-7-5-9-65(71)67-41-37-63(47-73(67)77)83(59-33-29-57(81)30-34-59)61-39-43-75-69(45-61)70-46-62(40-44-76(70)85-75)84(60-35-31-58(82)32-36-60)64-38-42-68-66-10-6-8-12-72(66)78(74(68)48-64,54-23-27-56(80)28-24-54)52-19-15-50(4-2)16-20-52/h3-7,9-11,13-15,17-21,23-31,33,35,37-39,41-43,46,48,50,53,59,61,63,69,75H,1-2,8,12,16,22,32,34,36,40,44-45,47H2. The highest BCUT2D eigenvalue weighted by Gasteiger charge is 2.53. The molecule has 7 heteroatoms. The number of halogens is 4. The lowest BCUT2D eigenvalue weighted by Crippen LogP contribution is -2.51. The zero-order valence-electron chi connectivity index (χ0n) is 47.8. The molecule has 1 aliphatic heterocycles. The van der Waals surface area contributed by atoms with Crippen LogP contribution in [-0.4, -0.2) is 29.1 Å². The van der Waals surface area contributed by atoms with Gasteiger partial charge in [0.05, 0.1) is 5.41 Å². The van der Waals surface area contributed by atoms with Crippen molar-refractivity contribution >= 4 is 22.9 Å². The quantitative estimate of drug-likeness (QED) is 0.104. The number of rotatable bonds is 12. The summed E-state index contributed by atoms with van der Waals surface area (Å²) < 4.78 is 67.3. The molecule has 0 bridgehead atoms. The summed E-state index contributed by atoms with van der Waals surface area (Å²) in [5.41, 5.74) is 17.5. The van der Waals surface area contributed by atoms with Crippen molar-refractivity contribution in [2.45, 2.75) is 106 Å². The second-order valence-corrected chi connectivity index (χ2v) is 24.7. The monoisotopic (exact) mass is 1120 g/mol. The Labute approximate surface area is 497 Å². The zero-order valence-corrected chi connectivity index (χ0v) is 47.8. The molecular weight excluding hydrogens is 1060 g/mol. The lowest BCUT2D eigenvalue weighted by atomic mass is 9.60. The Kier molecular flexibility index (Phi) is 13.4. The van der Waals surface area contributed by atoms with E-state index in [-0.39, 0.29) is 65.3 Å². The van der Waals surface area contributed by atoms with Crippen LogP contribution in [0, 0.1) is 23.6 Å². The van der Waals surface area contributed by atoms with Crippen LogP contribution >= 0.6 is 0 Å². The molecule has 0 saturated heterocycles. The van der Waals surface area contributed by atoms with E-state index in [0.29, 0.717) is 25.7 Å². The van der Waals surface area contributed by atoms with Crippen LogP contribution < -0.4 is 4.90 Å². The van der Waals surface area contributed by atoms with Gasteiger partial charge in [-0.15, -0.1) is 6.58 Å². The minimum atomic E-state index is -0.663. The summed E-state index contributed by atoms with van der Waals surface area (Å²) in [6.07, 6.45) is 49.0. The number of nitrogens with zero attached hydrogens (tertiary/aromatic N) is 2. The largest absolute Gasteiger partial charge is 0.490 e. The van der Waals surface area contributed by atoms with Crippen molar-refractivity contribution in [3.05, 3.63) is 321 Å². The fourth-order valence-corrected chi connectivity index (χ4v) is 16.7. The van der Waals surface area contributed by atoms with E-state index in [1.165, 1.54) is 61.3 Å². The first-order chi connectivity index (χ1) is 41.6. The Bertz CT molecular complexity index is 3990. The minimum absolute atomic E-state index is 0.0350. The Morgan fingerprint density at radius 3 is 2.14 bits per heavy atom. The van der Waals surface area contributed by atoms with Crippen molar-refractivity contribution in [1.82, 2.24) is 4.90 Å². The molecule has 9 atom stereocenters. The number of fused-ring (bicyclic) bond motifs is 6. The van der Waals surface area contributed by atoms with Crippen LogP contribution in [0.5, 0.6) is 0 Å². The SMILES string of the molecule is C=Cc1ccc(C2(C3C=CC(F)=CC3)C3=C(C=CC(N(C4C=CC(F)=CC4)C4C=CC5OC6=C(C=C(N(C7=CC=C(F)CC7)c7ccc8c(c7)C(C7=CCC(C=C)C=C7)(c7ccc(F)cc7)C7=C8C=CCC7)CC6)C5C4)C3)c3ccccc32)cc1. The maximum Gasteiger partial charge on any atom is 0.123 e. The topological polar surface area (TPSA) is 15.7 Å². The number of hydrogen-bond donors (Lipinski definition) is 0. The van der Waals surface area contributed by atoms with E-state index in [9.17, 15) is 0 Å². The van der Waals surface area contributed by atoms with Gasteiger partial charge in [-0.05, 0) is 215 Å². The average molecular weight is 1130 g/mol. The van der Waals surface area contributed by atoms with Gasteiger partial charge in [-0.2, -0.15) is 0 Å². The summed E-state index contributed by atoms with van der Waals surface area (Å²) in [6.45, 7) is 8.19. The van der Waals surface area contributed by atoms with E-state index in [1.807, 2.05) is 30.4 Å². The first-order valence-electron chi connectivity index (χ1n) is 30.7. The van der Waals surface area contributed by atoms with E-state index < -0.39 is 10.8 Å². The first-order valence-corrected chi connectivity index (χ1v) is 30.7. The van der Waals surface area contributed by atoms with Gasteiger partial charge in [-0.1, -0.05) is 146 Å². The number of benzene rings is 4. The maximum absolute atomic E-state index is 15.1. The van der Waals surface area contributed by atoms with Gasteiger partial charge in [0.25, 0.3) is 0 Å². The molecule has 0 saturated carbocycles. The molecule has 0 radical (unpaired) electrons. The Morgan fingerprint density at radius 2 is 1.39 bits per heavy atom. The molecule has 0 fully saturated rings. The molecule has 4 aromatic carbocycles. The first kappa shape index (κ1) is 53.5. The highest BCUT2D eigenvalue weighted by Crippen LogP contribution is 2.62. The number of ether oxygens (including phenoxy) is 1. The van der Waals surface area contributed by atoms with Crippen molar-refractivity contribution in [2.24, 2.45) is 17.8 Å². The Balaban J connectivity index is 0.806. The molecule has 11 aliphatic rings. The summed E-state index contributed by atoms with van der Waals surface area (Å²) >= 11 is 0. The maximum atomic E-state index is 15.1. The van der Waals surface area contributed by atoms with E-state index in [4.69, 9.17) is 4.74 Å². The normalized spacial score (nSPS) is 29.4. The minimum Gasteiger partial charge on any atom is -0.490 e. The van der Waals surface area contributed by atoms with Gasteiger partial charge in [-0.3, -0.25) is 4.90 Å². The van der Waals surface area contributed by atoms with Gasteiger partial charge >= 0.3 is 0 Å². The van der Waals surface area contributed by atoms with E-state index >= 15 is 17.6 Å². The lowest BCUT2D eigenvalue weighted by Gasteiger charge is -2.47. The van der Waals surface area contributed by atoms with Crippen LogP contribution in [0.25, 0.3) is 17.2 Å². The van der Waals surface area contributed by atoms with Gasteiger partial charge in [0.15, 0.2) is 0 Å². The van der Waals surface area contributed by atoms with Crippen LogP contribution in [0.15, 0.2) is 277 Å². The Morgan fingerprint density at radius 1 is 0.612 bits per heavy atom. The third-order valence-corrected chi connectivity index (χ3v) is 20.5. The summed E-state index contributed by atoms with van der Waals surface area (Å²) in [6, 6.07) is 31.4.